The number of hydrogen-bond donors (Lipinski definition) is 2. The van der Waals surface area contributed by atoms with Gasteiger partial charge in [0.25, 0.3) is 0 Å². The molecule has 50 valence electrons. The van der Waals surface area contributed by atoms with E-state index in [9.17, 15) is 0 Å². The second-order valence-electron chi connectivity index (χ2n) is 1.99. The molecule has 0 nitrogen and oxygen atoms in total. The van der Waals surface area contributed by atoms with Gasteiger partial charge in [-0.3, -0.25) is 0 Å². The van der Waals surface area contributed by atoms with Crippen molar-refractivity contribution in [3.8, 4) is 0 Å². The number of aryl methyl sites for hydroxylation is 1. The van der Waals surface area contributed by atoms with Crippen molar-refractivity contribution in [1.29, 1.82) is 0 Å². The van der Waals surface area contributed by atoms with Gasteiger partial charge in [0.15, 0.2) is 0 Å². The molecule has 0 aliphatic heterocycles. The number of rotatable bonds is 0. The first kappa shape index (κ1) is 10.8. The van der Waals surface area contributed by atoms with Gasteiger partial charge in [-0.1, -0.05) is 6.07 Å². The maximum atomic E-state index is 4.19. The first-order valence-electron chi connectivity index (χ1n) is 2.69. The zero-order valence-electron chi connectivity index (χ0n) is 5.57. The maximum absolute atomic E-state index is 4.19. The van der Waals surface area contributed by atoms with Crippen LogP contribution in [0.5, 0.6) is 0 Å². The van der Waals surface area contributed by atoms with E-state index in [2.05, 4.69) is 25.3 Å². The summed E-state index contributed by atoms with van der Waals surface area (Å²) in [6, 6.07) is 5.95. The van der Waals surface area contributed by atoms with Crippen LogP contribution < -0.4 is 0 Å². The van der Waals surface area contributed by atoms with Gasteiger partial charge >= 0.3 is 26.2 Å². The summed E-state index contributed by atoms with van der Waals surface area (Å²) in [6.07, 6.45) is 0. The van der Waals surface area contributed by atoms with Gasteiger partial charge in [0, 0.05) is 9.79 Å². The van der Waals surface area contributed by atoms with Crippen LogP contribution in [-0.2, 0) is 0 Å². The van der Waals surface area contributed by atoms with Gasteiger partial charge in [-0.2, -0.15) is 0 Å². The molecule has 1 aromatic carbocycles. The summed E-state index contributed by atoms with van der Waals surface area (Å²) in [7, 11) is 0. The molecule has 0 amide bonds. The van der Waals surface area contributed by atoms with E-state index in [1.54, 1.807) is 0 Å². The van der Waals surface area contributed by atoms with E-state index in [0.29, 0.717) is 0 Å². The van der Waals surface area contributed by atoms with Crippen LogP contribution in [0.25, 0.3) is 0 Å². The van der Waals surface area contributed by atoms with Gasteiger partial charge < -0.3 is 0 Å². The average Bonchev–Trinajstić information content (AvgIpc) is 1.80. The molecule has 0 heterocycles. The van der Waals surface area contributed by atoms with Crippen LogP contribution in [0, 0.1) is 6.92 Å². The van der Waals surface area contributed by atoms with Crippen molar-refractivity contribution >= 4 is 51.5 Å². The molecule has 0 atom stereocenters. The summed E-state index contributed by atoms with van der Waals surface area (Å²) in [6.45, 7) is 2.03. The second kappa shape index (κ2) is 4.63. The fraction of sp³-hybridized carbons (Fsp3) is 0.143. The van der Waals surface area contributed by atoms with Crippen molar-refractivity contribution in [2.24, 2.45) is 0 Å². The fourth-order valence-electron chi connectivity index (χ4n) is 0.633. The molecule has 0 aromatic heterocycles. The van der Waals surface area contributed by atoms with E-state index >= 15 is 0 Å². The van der Waals surface area contributed by atoms with Crippen molar-refractivity contribution < 1.29 is 0 Å². The molecule has 0 bridgehead atoms. The molecular formula is C7H8BiS2+3. The molecule has 0 saturated carbocycles. The summed E-state index contributed by atoms with van der Waals surface area (Å²) in [5.74, 6) is 0. The van der Waals surface area contributed by atoms with Gasteiger partial charge in [0.1, 0.15) is 0 Å². The van der Waals surface area contributed by atoms with Crippen molar-refractivity contribution in [3.63, 3.8) is 0 Å². The Morgan fingerprint density at radius 1 is 1.10 bits per heavy atom. The van der Waals surface area contributed by atoms with Crippen molar-refractivity contribution in [2.45, 2.75) is 16.7 Å². The van der Waals surface area contributed by atoms with E-state index in [4.69, 9.17) is 0 Å². The Bertz CT molecular complexity index is 223. The van der Waals surface area contributed by atoms with E-state index in [-0.39, 0.29) is 26.2 Å². The minimum Gasteiger partial charge on any atom is -0.142 e. The molecule has 0 unspecified atom stereocenters. The molecule has 1 rings (SSSR count). The molecule has 0 spiro atoms. The van der Waals surface area contributed by atoms with Crippen molar-refractivity contribution in [2.75, 3.05) is 0 Å². The smallest absolute Gasteiger partial charge is 0.142 e. The molecule has 3 heteroatoms. The first-order chi connectivity index (χ1) is 4.20. The van der Waals surface area contributed by atoms with Crippen LogP contribution in [0.2, 0.25) is 0 Å². The maximum Gasteiger partial charge on any atom is 3.00 e. The minimum atomic E-state index is 0. The third-order valence-electron chi connectivity index (χ3n) is 1.13. The molecule has 0 aliphatic rings. The monoisotopic (exact) mass is 365 g/mol. The van der Waals surface area contributed by atoms with Gasteiger partial charge in [-0.05, 0) is 24.6 Å². The predicted molar refractivity (Wildman–Crippen MR) is 51.4 cm³/mol. The molecular weight excluding hydrogens is 357 g/mol. The SMILES string of the molecule is Cc1ccc(S)c(S)c1.[Bi+3]. The van der Waals surface area contributed by atoms with Gasteiger partial charge in [0.2, 0.25) is 0 Å². The molecule has 0 N–H and O–H groups in total. The number of thiol groups is 2. The van der Waals surface area contributed by atoms with Crippen molar-refractivity contribution in [1.82, 2.24) is 0 Å². The van der Waals surface area contributed by atoms with E-state index < -0.39 is 0 Å². The van der Waals surface area contributed by atoms with E-state index in [1.807, 2.05) is 25.1 Å². The fourth-order valence-corrected chi connectivity index (χ4v) is 1.05. The zero-order chi connectivity index (χ0) is 6.85. The Kier molecular flexibility index (Phi) is 5.01. The largest absolute Gasteiger partial charge is 3.00 e. The van der Waals surface area contributed by atoms with Gasteiger partial charge in [-0.25, -0.2) is 0 Å². The molecule has 0 aliphatic carbocycles. The third kappa shape index (κ3) is 2.81. The number of hydrogen-bond acceptors (Lipinski definition) is 2. The van der Waals surface area contributed by atoms with E-state index in [1.165, 1.54) is 5.56 Å². The average molecular weight is 365 g/mol. The summed E-state index contributed by atoms with van der Waals surface area (Å²) >= 11 is 8.36. The minimum absolute atomic E-state index is 0. The molecule has 1 aromatic rings. The van der Waals surface area contributed by atoms with Crippen molar-refractivity contribution in [3.05, 3.63) is 23.8 Å². The van der Waals surface area contributed by atoms with Crippen LogP contribution in [-0.4, -0.2) is 26.2 Å². The number of benzene rings is 1. The molecule has 0 fully saturated rings. The third-order valence-corrected chi connectivity index (χ3v) is 2.07. The summed E-state index contributed by atoms with van der Waals surface area (Å²) in [5, 5.41) is 0. The Morgan fingerprint density at radius 3 is 2.10 bits per heavy atom. The standard InChI is InChI=1S/C7H8S2.Bi/c1-5-2-3-6(8)7(9)4-5;/h2-4,8-9H,1H3;/q;+3. The van der Waals surface area contributed by atoms with Crippen LogP contribution >= 0.6 is 25.3 Å². The normalized spacial score (nSPS) is 8.70. The Morgan fingerprint density at radius 2 is 1.70 bits per heavy atom. The Hall–Kier alpha value is 0.803. The van der Waals surface area contributed by atoms with Gasteiger partial charge in [0.05, 0.1) is 0 Å². The zero-order valence-corrected chi connectivity index (χ0v) is 10.8. The quantitative estimate of drug-likeness (QED) is 0.511. The Labute approximate surface area is 91.4 Å². The predicted octanol–water partition coefficient (Wildman–Crippen LogP) is 2.19. The molecule has 0 saturated heterocycles. The van der Waals surface area contributed by atoms with Crippen LogP contribution in [0.1, 0.15) is 5.56 Å². The topological polar surface area (TPSA) is 0 Å². The first-order valence-corrected chi connectivity index (χ1v) is 3.58. The van der Waals surface area contributed by atoms with Crippen LogP contribution in [0.4, 0.5) is 0 Å². The van der Waals surface area contributed by atoms with Gasteiger partial charge in [-0.15, -0.1) is 25.3 Å². The van der Waals surface area contributed by atoms with Crippen LogP contribution in [0.3, 0.4) is 0 Å². The second-order valence-corrected chi connectivity index (χ2v) is 2.96. The summed E-state index contributed by atoms with van der Waals surface area (Å²) < 4.78 is 0. The summed E-state index contributed by atoms with van der Waals surface area (Å²) in [5.41, 5.74) is 1.22. The molecule has 2 radical (unpaired) electrons. The Balaban J connectivity index is 0.000000810. The van der Waals surface area contributed by atoms with Crippen LogP contribution in [0.15, 0.2) is 28.0 Å². The van der Waals surface area contributed by atoms with E-state index in [0.717, 1.165) is 9.79 Å². The molecule has 10 heavy (non-hydrogen) atoms. The summed E-state index contributed by atoms with van der Waals surface area (Å²) in [4.78, 5) is 1.88.